The van der Waals surface area contributed by atoms with Gasteiger partial charge in [-0.25, -0.2) is 4.68 Å². The summed E-state index contributed by atoms with van der Waals surface area (Å²) in [5.74, 6) is 0.428. The molecule has 1 aliphatic heterocycles. The van der Waals surface area contributed by atoms with Crippen molar-refractivity contribution >= 4 is 5.82 Å². The highest BCUT2D eigenvalue weighted by molar-refractivity contribution is 5.66. The molecule has 0 saturated heterocycles. The van der Waals surface area contributed by atoms with Gasteiger partial charge in [0.1, 0.15) is 5.82 Å². The van der Waals surface area contributed by atoms with E-state index < -0.39 is 12.2 Å². The van der Waals surface area contributed by atoms with Crippen LogP contribution in [0.15, 0.2) is 30.3 Å². The van der Waals surface area contributed by atoms with Crippen LogP contribution in [0.3, 0.4) is 0 Å². The Morgan fingerprint density at radius 2 is 2.05 bits per heavy atom. The number of rotatable bonds is 1. The number of benzene rings is 1. The van der Waals surface area contributed by atoms with Crippen LogP contribution in [0.1, 0.15) is 18.0 Å². The summed E-state index contributed by atoms with van der Waals surface area (Å²) in [5.41, 5.74) is 2.42. The number of nitrogens with one attached hydrogen (secondary N) is 1. The van der Waals surface area contributed by atoms with E-state index in [1.54, 1.807) is 6.07 Å². The van der Waals surface area contributed by atoms with Crippen LogP contribution < -0.4 is 5.32 Å². The maximum atomic E-state index is 13.0. The predicted octanol–water partition coefficient (Wildman–Crippen LogP) is 3.78. The molecule has 1 aliphatic rings. The fourth-order valence-electron chi connectivity index (χ4n) is 2.52. The van der Waals surface area contributed by atoms with Gasteiger partial charge in [0.15, 0.2) is 6.04 Å². The fraction of sp³-hybridized carbons (Fsp3) is 0.357. The van der Waals surface area contributed by atoms with Crippen LogP contribution in [-0.2, 0) is 0 Å². The SMILES string of the molecule is Cc1ccccc1-c1cc2n(n1)C(C(F)(F)F)CCN2. The van der Waals surface area contributed by atoms with Crippen molar-refractivity contribution in [3.05, 3.63) is 35.9 Å². The second-order valence-electron chi connectivity index (χ2n) is 4.95. The fourth-order valence-corrected chi connectivity index (χ4v) is 2.52. The molecule has 106 valence electrons. The molecule has 6 heteroatoms. The van der Waals surface area contributed by atoms with Crippen LogP contribution in [0, 0.1) is 6.92 Å². The van der Waals surface area contributed by atoms with Gasteiger partial charge in [0.2, 0.25) is 0 Å². The van der Waals surface area contributed by atoms with Crippen molar-refractivity contribution < 1.29 is 13.2 Å². The van der Waals surface area contributed by atoms with E-state index in [0.717, 1.165) is 15.8 Å². The summed E-state index contributed by atoms with van der Waals surface area (Å²) in [6.07, 6.45) is -4.27. The van der Waals surface area contributed by atoms with Crippen LogP contribution in [0.4, 0.5) is 19.0 Å². The van der Waals surface area contributed by atoms with E-state index >= 15 is 0 Å². The Balaban J connectivity index is 2.06. The third kappa shape index (κ3) is 2.15. The molecule has 3 nitrogen and oxygen atoms in total. The van der Waals surface area contributed by atoms with E-state index in [-0.39, 0.29) is 6.42 Å². The van der Waals surface area contributed by atoms with Crippen LogP contribution in [-0.4, -0.2) is 22.5 Å². The standard InChI is InChI=1S/C14H14F3N3/c1-9-4-2-3-5-10(9)11-8-13-18-7-6-12(14(15,16)17)20(13)19-11/h2-5,8,12,18H,6-7H2,1H3. The zero-order valence-corrected chi connectivity index (χ0v) is 10.9. The molecule has 2 aromatic rings. The van der Waals surface area contributed by atoms with Crippen LogP contribution >= 0.6 is 0 Å². The number of alkyl halides is 3. The monoisotopic (exact) mass is 281 g/mol. The van der Waals surface area contributed by atoms with Crippen molar-refractivity contribution in [3.8, 4) is 11.3 Å². The second kappa shape index (κ2) is 4.54. The highest BCUT2D eigenvalue weighted by Crippen LogP contribution is 2.38. The van der Waals surface area contributed by atoms with Gasteiger partial charge < -0.3 is 5.32 Å². The van der Waals surface area contributed by atoms with Gasteiger partial charge in [-0.3, -0.25) is 0 Å². The minimum atomic E-state index is -4.27. The molecule has 0 aliphatic carbocycles. The molecule has 0 spiro atoms. The Morgan fingerprint density at radius 3 is 2.75 bits per heavy atom. The van der Waals surface area contributed by atoms with Gasteiger partial charge in [-0.15, -0.1) is 0 Å². The average Bonchev–Trinajstić information content (AvgIpc) is 2.81. The van der Waals surface area contributed by atoms with E-state index in [9.17, 15) is 13.2 Å². The van der Waals surface area contributed by atoms with Gasteiger partial charge in [0.25, 0.3) is 0 Å². The highest BCUT2D eigenvalue weighted by atomic mass is 19.4. The van der Waals surface area contributed by atoms with Crippen molar-refractivity contribution in [3.63, 3.8) is 0 Å². The van der Waals surface area contributed by atoms with E-state index in [0.29, 0.717) is 18.1 Å². The van der Waals surface area contributed by atoms with Crippen molar-refractivity contribution in [2.24, 2.45) is 0 Å². The van der Waals surface area contributed by atoms with Crippen molar-refractivity contribution in [2.45, 2.75) is 25.6 Å². The summed E-state index contributed by atoms with van der Waals surface area (Å²) >= 11 is 0. The molecule has 20 heavy (non-hydrogen) atoms. The molecule has 3 rings (SSSR count). The van der Waals surface area contributed by atoms with E-state index in [1.165, 1.54) is 0 Å². The Labute approximate surface area is 114 Å². The third-order valence-corrected chi connectivity index (χ3v) is 3.55. The third-order valence-electron chi connectivity index (χ3n) is 3.55. The molecular weight excluding hydrogens is 267 g/mol. The number of fused-ring (bicyclic) bond motifs is 1. The van der Waals surface area contributed by atoms with Crippen molar-refractivity contribution in [1.82, 2.24) is 9.78 Å². The Hall–Kier alpha value is -1.98. The Morgan fingerprint density at radius 1 is 1.30 bits per heavy atom. The molecule has 1 aromatic heterocycles. The lowest BCUT2D eigenvalue weighted by atomic mass is 10.1. The number of aromatic nitrogens is 2. The lowest BCUT2D eigenvalue weighted by Crippen LogP contribution is -2.33. The number of nitrogens with zero attached hydrogens (tertiary/aromatic N) is 2. The van der Waals surface area contributed by atoms with Crippen LogP contribution in [0.2, 0.25) is 0 Å². The number of anilines is 1. The molecule has 1 aromatic carbocycles. The van der Waals surface area contributed by atoms with Crippen LogP contribution in [0.5, 0.6) is 0 Å². The first-order valence-corrected chi connectivity index (χ1v) is 6.43. The molecule has 0 fully saturated rings. The minimum absolute atomic E-state index is 0.00535. The van der Waals surface area contributed by atoms with Crippen LogP contribution in [0.25, 0.3) is 11.3 Å². The molecule has 0 amide bonds. The Kier molecular flexibility index (Phi) is 2.96. The summed E-state index contributed by atoms with van der Waals surface area (Å²) < 4.78 is 40.1. The second-order valence-corrected chi connectivity index (χ2v) is 4.95. The normalized spacial score (nSPS) is 18.5. The van der Waals surface area contributed by atoms with Crippen molar-refractivity contribution in [2.75, 3.05) is 11.9 Å². The first-order chi connectivity index (χ1) is 9.47. The lowest BCUT2D eigenvalue weighted by molar-refractivity contribution is -0.171. The quantitative estimate of drug-likeness (QED) is 0.862. The summed E-state index contributed by atoms with van der Waals surface area (Å²) in [4.78, 5) is 0. The maximum absolute atomic E-state index is 13.0. The summed E-state index contributed by atoms with van der Waals surface area (Å²) in [6.45, 7) is 2.23. The molecular formula is C14H14F3N3. The topological polar surface area (TPSA) is 29.9 Å². The average molecular weight is 281 g/mol. The number of hydrogen-bond donors (Lipinski definition) is 1. The smallest absolute Gasteiger partial charge is 0.370 e. The summed E-state index contributed by atoms with van der Waals surface area (Å²) in [6, 6.07) is 7.67. The molecule has 1 unspecified atom stereocenters. The molecule has 0 bridgehead atoms. The van der Waals surface area contributed by atoms with E-state index in [1.807, 2.05) is 31.2 Å². The largest absolute Gasteiger partial charge is 0.410 e. The zero-order chi connectivity index (χ0) is 14.3. The highest BCUT2D eigenvalue weighted by Gasteiger charge is 2.43. The van der Waals surface area contributed by atoms with Gasteiger partial charge in [0, 0.05) is 18.2 Å². The summed E-state index contributed by atoms with van der Waals surface area (Å²) in [5, 5.41) is 7.14. The molecule has 0 radical (unpaired) electrons. The van der Waals surface area contributed by atoms with Gasteiger partial charge in [-0.2, -0.15) is 18.3 Å². The van der Waals surface area contributed by atoms with E-state index in [2.05, 4.69) is 10.4 Å². The van der Waals surface area contributed by atoms with Gasteiger partial charge >= 0.3 is 6.18 Å². The molecule has 0 saturated carbocycles. The number of aryl methyl sites for hydroxylation is 1. The first-order valence-electron chi connectivity index (χ1n) is 6.43. The number of hydrogen-bond acceptors (Lipinski definition) is 2. The first kappa shape index (κ1) is 13.0. The maximum Gasteiger partial charge on any atom is 0.410 e. The molecule has 2 heterocycles. The lowest BCUT2D eigenvalue weighted by Gasteiger charge is -2.27. The molecule has 1 atom stereocenters. The van der Waals surface area contributed by atoms with Crippen molar-refractivity contribution in [1.29, 1.82) is 0 Å². The van der Waals surface area contributed by atoms with Gasteiger partial charge in [-0.1, -0.05) is 24.3 Å². The van der Waals surface area contributed by atoms with E-state index in [4.69, 9.17) is 0 Å². The van der Waals surface area contributed by atoms with Gasteiger partial charge in [0.05, 0.1) is 5.69 Å². The molecule has 1 N–H and O–H groups in total. The number of halogens is 3. The predicted molar refractivity (Wildman–Crippen MR) is 70.6 cm³/mol. The summed E-state index contributed by atoms with van der Waals surface area (Å²) in [7, 11) is 0. The minimum Gasteiger partial charge on any atom is -0.370 e. The van der Waals surface area contributed by atoms with Gasteiger partial charge in [-0.05, 0) is 18.9 Å². The Bertz CT molecular complexity index is 631. The zero-order valence-electron chi connectivity index (χ0n) is 10.9.